The monoisotopic (exact) mass is 330 g/mol. The predicted molar refractivity (Wildman–Crippen MR) is 98.3 cm³/mol. The van der Waals surface area contributed by atoms with E-state index in [9.17, 15) is 4.79 Å². The van der Waals surface area contributed by atoms with Crippen LogP contribution in [0.2, 0.25) is 0 Å². The Morgan fingerprint density at radius 3 is 1.88 bits per heavy atom. The molecule has 1 saturated heterocycles. The molecule has 2 heteroatoms. The second kappa shape index (κ2) is 4.96. The van der Waals surface area contributed by atoms with Gasteiger partial charge in [-0.05, 0) is 89.5 Å². The van der Waals surface area contributed by atoms with E-state index >= 15 is 0 Å². The molecule has 1 atom stereocenters. The van der Waals surface area contributed by atoms with Crippen molar-refractivity contribution in [3.05, 3.63) is 12.7 Å². The minimum absolute atomic E-state index is 0.0630. The van der Waals surface area contributed by atoms with Crippen LogP contribution in [-0.2, 0) is 4.79 Å². The number of rotatable bonds is 5. The van der Waals surface area contributed by atoms with Crippen molar-refractivity contribution < 1.29 is 9.28 Å². The molecule has 134 valence electrons. The van der Waals surface area contributed by atoms with Gasteiger partial charge in [-0.15, -0.1) is 0 Å². The molecule has 0 aromatic carbocycles. The average Bonchev–Trinajstić information content (AvgIpc) is 3.34. The van der Waals surface area contributed by atoms with Crippen molar-refractivity contribution in [2.75, 3.05) is 13.1 Å². The molecule has 0 aromatic heterocycles. The molecule has 1 heterocycles. The minimum atomic E-state index is -0.219. The topological polar surface area (TPSA) is 17.1 Å². The molecule has 0 spiro atoms. The maximum absolute atomic E-state index is 13.6. The molecule has 24 heavy (non-hydrogen) atoms. The molecule has 4 bridgehead atoms. The van der Waals surface area contributed by atoms with Crippen LogP contribution in [0, 0.1) is 28.6 Å². The van der Waals surface area contributed by atoms with E-state index < -0.39 is 0 Å². The molecular weight excluding hydrogens is 294 g/mol. The zero-order valence-corrected chi connectivity index (χ0v) is 16.2. The lowest BCUT2D eigenvalue weighted by Gasteiger charge is -2.63. The molecule has 1 unspecified atom stereocenters. The highest BCUT2D eigenvalue weighted by Gasteiger charge is 2.72. The molecule has 1 amide bonds. The lowest BCUT2D eigenvalue weighted by Crippen LogP contribution is -2.67. The summed E-state index contributed by atoms with van der Waals surface area (Å²) in [5, 5.41) is 0. The Bertz CT molecular complexity index is 535. The second-order valence-electron chi connectivity index (χ2n) is 10.5. The lowest BCUT2D eigenvalue weighted by atomic mass is 9.44. The summed E-state index contributed by atoms with van der Waals surface area (Å²) in [6.45, 7) is 15.3. The van der Waals surface area contributed by atoms with Crippen LogP contribution in [0.25, 0.3) is 0 Å². The highest BCUT2D eigenvalue weighted by molar-refractivity contribution is 5.77. The number of nitrogens with zero attached hydrogens (tertiary/aromatic N) is 1. The molecule has 2 nitrogen and oxygen atoms in total. The van der Waals surface area contributed by atoms with Crippen LogP contribution in [0.3, 0.4) is 0 Å². The standard InChI is InChI=1S/C22H36NO/c1-6-20(3,4)19(24)23(8-9-23)21(5,7-2)22-13-16-10-17(14-22)12-18(11-16)15-22/h7,16-18H,2,6,8-15H2,1,3-5H3/q+1. The third kappa shape index (κ3) is 1.95. The molecule has 4 saturated carbocycles. The van der Waals surface area contributed by atoms with Crippen molar-refractivity contribution in [1.29, 1.82) is 0 Å². The number of hydrogen-bond acceptors (Lipinski definition) is 1. The largest absolute Gasteiger partial charge is 0.320 e. The maximum Gasteiger partial charge on any atom is 0.320 e. The summed E-state index contributed by atoms with van der Waals surface area (Å²) in [4.78, 5) is 13.6. The van der Waals surface area contributed by atoms with Gasteiger partial charge in [-0.25, -0.2) is 9.28 Å². The van der Waals surface area contributed by atoms with E-state index in [1.165, 1.54) is 38.5 Å². The first kappa shape index (κ1) is 16.8. The molecular formula is C22H36NO+. The Morgan fingerprint density at radius 1 is 1.08 bits per heavy atom. The first-order valence-electron chi connectivity index (χ1n) is 10.3. The summed E-state index contributed by atoms with van der Waals surface area (Å²) in [5.41, 5.74) is 0.0507. The van der Waals surface area contributed by atoms with E-state index in [1.54, 1.807) is 0 Å². The van der Waals surface area contributed by atoms with E-state index in [0.717, 1.165) is 37.3 Å². The number of carbonyl (C=O) groups is 1. The quantitative estimate of drug-likeness (QED) is 0.396. The van der Waals surface area contributed by atoms with E-state index in [2.05, 4.69) is 40.3 Å². The Kier molecular flexibility index (Phi) is 3.48. The molecule has 0 N–H and O–H groups in total. The number of hydrogen-bond donors (Lipinski definition) is 0. The molecule has 5 rings (SSSR count). The van der Waals surface area contributed by atoms with Gasteiger partial charge in [-0.2, -0.15) is 0 Å². The van der Waals surface area contributed by atoms with Gasteiger partial charge in [0.1, 0.15) is 18.6 Å². The molecule has 1 aliphatic heterocycles. The van der Waals surface area contributed by atoms with Crippen LogP contribution < -0.4 is 0 Å². The third-order valence-electron chi connectivity index (χ3n) is 8.92. The summed E-state index contributed by atoms with van der Waals surface area (Å²) in [5.74, 6) is 3.24. The highest BCUT2D eigenvalue weighted by atomic mass is 16.2. The van der Waals surface area contributed by atoms with Crippen LogP contribution in [0.5, 0.6) is 0 Å². The highest BCUT2D eigenvalue weighted by Crippen LogP contribution is 2.67. The Morgan fingerprint density at radius 2 is 1.54 bits per heavy atom. The van der Waals surface area contributed by atoms with E-state index in [1.807, 2.05) is 0 Å². The SMILES string of the molecule is C=CC(C)(C12CC3CC(CC(C3)C1)C2)[N+]1(C(=O)C(C)(C)CC)CC1. The van der Waals surface area contributed by atoms with Gasteiger partial charge in [0, 0.05) is 5.41 Å². The zero-order chi connectivity index (χ0) is 17.4. The van der Waals surface area contributed by atoms with Crippen molar-refractivity contribution in [3.63, 3.8) is 0 Å². The molecule has 5 aliphatic rings. The Balaban J connectivity index is 1.75. The van der Waals surface area contributed by atoms with Crippen molar-refractivity contribution in [1.82, 2.24) is 0 Å². The summed E-state index contributed by atoms with van der Waals surface area (Å²) in [6.07, 6.45) is 11.6. The maximum atomic E-state index is 13.6. The van der Waals surface area contributed by atoms with Gasteiger partial charge in [-0.3, -0.25) is 0 Å². The summed E-state index contributed by atoms with van der Waals surface area (Å²) < 4.78 is 0.698. The third-order valence-corrected chi connectivity index (χ3v) is 8.92. The van der Waals surface area contributed by atoms with Gasteiger partial charge in [0.15, 0.2) is 0 Å². The first-order valence-corrected chi connectivity index (χ1v) is 10.3. The van der Waals surface area contributed by atoms with Crippen LogP contribution >= 0.6 is 0 Å². The van der Waals surface area contributed by atoms with E-state index in [-0.39, 0.29) is 11.0 Å². The first-order chi connectivity index (χ1) is 11.2. The molecule has 0 aromatic rings. The smallest absolute Gasteiger partial charge is 0.242 e. The van der Waals surface area contributed by atoms with Gasteiger partial charge in [-0.1, -0.05) is 13.5 Å². The van der Waals surface area contributed by atoms with Crippen LogP contribution in [-0.4, -0.2) is 29.0 Å². The van der Waals surface area contributed by atoms with Crippen molar-refractivity contribution >= 4 is 5.91 Å². The fourth-order valence-corrected chi connectivity index (χ4v) is 7.28. The van der Waals surface area contributed by atoms with Crippen LogP contribution in [0.1, 0.15) is 72.6 Å². The number of quaternary nitrogens is 1. The number of amides is 1. The summed E-state index contributed by atoms with van der Waals surface area (Å²) in [6, 6.07) is 0. The molecule has 0 radical (unpaired) electrons. The Labute approximate surface area is 148 Å². The second-order valence-corrected chi connectivity index (χ2v) is 10.5. The molecule has 5 fully saturated rings. The van der Waals surface area contributed by atoms with E-state index in [4.69, 9.17) is 0 Å². The Hall–Kier alpha value is -0.630. The van der Waals surface area contributed by atoms with Gasteiger partial charge >= 0.3 is 5.91 Å². The van der Waals surface area contributed by atoms with Gasteiger partial charge in [0.25, 0.3) is 0 Å². The molecule has 4 aliphatic carbocycles. The van der Waals surface area contributed by atoms with Gasteiger partial charge < -0.3 is 0 Å². The predicted octanol–water partition coefficient (Wildman–Crippen LogP) is 4.94. The fourth-order valence-electron chi connectivity index (χ4n) is 7.28. The lowest BCUT2D eigenvalue weighted by molar-refractivity contribution is -0.789. The fraction of sp³-hybridized carbons (Fsp3) is 0.864. The van der Waals surface area contributed by atoms with Crippen molar-refractivity contribution in [2.45, 2.75) is 78.2 Å². The van der Waals surface area contributed by atoms with Gasteiger partial charge in [0.2, 0.25) is 0 Å². The van der Waals surface area contributed by atoms with Crippen molar-refractivity contribution in [2.24, 2.45) is 28.6 Å². The average molecular weight is 331 g/mol. The van der Waals surface area contributed by atoms with Crippen molar-refractivity contribution in [3.8, 4) is 0 Å². The minimum Gasteiger partial charge on any atom is -0.242 e. The summed E-state index contributed by atoms with van der Waals surface area (Å²) in [7, 11) is 0. The van der Waals surface area contributed by atoms with E-state index in [0.29, 0.717) is 15.8 Å². The number of carbonyl (C=O) groups excluding carboxylic acids is 1. The zero-order valence-electron chi connectivity index (χ0n) is 16.2. The van der Waals surface area contributed by atoms with Gasteiger partial charge in [0.05, 0.1) is 5.41 Å². The van der Waals surface area contributed by atoms with Crippen LogP contribution in [0.4, 0.5) is 0 Å². The summed E-state index contributed by atoms with van der Waals surface area (Å²) >= 11 is 0. The normalized spacial score (nSPS) is 41.8. The van der Waals surface area contributed by atoms with Crippen LogP contribution in [0.15, 0.2) is 12.7 Å².